The van der Waals surface area contributed by atoms with Crippen LogP contribution in [0.2, 0.25) is 0 Å². The molecule has 0 spiro atoms. The first-order valence-corrected chi connectivity index (χ1v) is 9.01. The van der Waals surface area contributed by atoms with E-state index < -0.39 is 0 Å². The summed E-state index contributed by atoms with van der Waals surface area (Å²) in [5.41, 5.74) is 3.91. The molecule has 1 atom stereocenters. The second-order valence-corrected chi connectivity index (χ2v) is 6.66. The van der Waals surface area contributed by atoms with Gasteiger partial charge in [0, 0.05) is 12.2 Å². The van der Waals surface area contributed by atoms with Crippen LogP contribution < -0.4 is 0 Å². The number of aryl methyl sites for hydroxylation is 1. The number of H-pyrrole nitrogens is 1. The lowest BCUT2D eigenvalue weighted by Crippen LogP contribution is -2.05. The molecule has 1 aliphatic rings. The molecule has 8 heteroatoms. The molecule has 0 saturated carbocycles. The van der Waals surface area contributed by atoms with Crippen molar-refractivity contribution >= 4 is 18.4 Å². The molecule has 2 aromatic heterocycles. The summed E-state index contributed by atoms with van der Waals surface area (Å²) in [6.07, 6.45) is 3.69. The number of aromatic nitrogens is 5. The Kier molecular flexibility index (Phi) is 4.52. The predicted molar refractivity (Wildman–Crippen MR) is 101 cm³/mol. The highest BCUT2D eigenvalue weighted by Crippen LogP contribution is 2.27. The van der Waals surface area contributed by atoms with Gasteiger partial charge in [-0.05, 0) is 51.0 Å². The molecule has 1 aromatic carbocycles. The zero-order valence-corrected chi connectivity index (χ0v) is 15.5. The number of para-hydroxylation sites is 1. The number of nitrogens with zero attached hydrogens (tertiary/aromatic N) is 5. The van der Waals surface area contributed by atoms with Crippen LogP contribution in [0.4, 0.5) is 0 Å². The fraction of sp³-hybridized carbons (Fsp3) is 0.333. The molecule has 1 saturated heterocycles. The first-order chi connectivity index (χ1) is 12.6. The van der Waals surface area contributed by atoms with Crippen LogP contribution in [0.15, 0.2) is 35.4 Å². The Labute approximate surface area is 156 Å². The molecule has 3 aromatic rings. The molecule has 0 aliphatic carbocycles. The standard InChI is InChI=1S/C18H20N6OS/c1-12-15(13(2)23(22-12)14-7-4-3-5-8-14)11-19-24-17(20-21-18(24)26)16-9-6-10-25-16/h3-5,7-8,11,16H,6,9-10H2,1-2H3,(H,21,26)/b19-11-/t16-/m1/s1. The number of ether oxygens (including phenoxy) is 1. The van der Waals surface area contributed by atoms with Gasteiger partial charge in [0.15, 0.2) is 5.82 Å². The maximum absolute atomic E-state index is 5.71. The summed E-state index contributed by atoms with van der Waals surface area (Å²) >= 11 is 5.33. The van der Waals surface area contributed by atoms with E-state index >= 15 is 0 Å². The maximum Gasteiger partial charge on any atom is 0.216 e. The summed E-state index contributed by atoms with van der Waals surface area (Å²) in [7, 11) is 0. The highest BCUT2D eigenvalue weighted by Gasteiger charge is 2.23. The molecule has 1 fully saturated rings. The third-order valence-electron chi connectivity index (χ3n) is 4.54. The van der Waals surface area contributed by atoms with Crippen molar-refractivity contribution in [2.75, 3.05) is 6.61 Å². The lowest BCUT2D eigenvalue weighted by atomic mass is 10.2. The van der Waals surface area contributed by atoms with E-state index in [1.807, 2.05) is 48.9 Å². The molecule has 26 heavy (non-hydrogen) atoms. The molecular weight excluding hydrogens is 348 g/mol. The van der Waals surface area contributed by atoms with Gasteiger partial charge in [0.2, 0.25) is 4.77 Å². The van der Waals surface area contributed by atoms with Gasteiger partial charge in [-0.15, -0.1) is 0 Å². The molecule has 0 radical (unpaired) electrons. The first kappa shape index (κ1) is 16.9. The quantitative estimate of drug-likeness (QED) is 0.565. The van der Waals surface area contributed by atoms with Crippen molar-refractivity contribution in [3.63, 3.8) is 0 Å². The third-order valence-corrected chi connectivity index (χ3v) is 4.81. The molecular formula is C18H20N6OS. The van der Waals surface area contributed by atoms with E-state index in [9.17, 15) is 0 Å². The van der Waals surface area contributed by atoms with Crippen LogP contribution >= 0.6 is 12.2 Å². The van der Waals surface area contributed by atoms with Gasteiger partial charge >= 0.3 is 0 Å². The van der Waals surface area contributed by atoms with E-state index in [1.54, 1.807) is 10.9 Å². The summed E-state index contributed by atoms with van der Waals surface area (Å²) in [5.74, 6) is 0.717. The van der Waals surface area contributed by atoms with Gasteiger partial charge in [-0.3, -0.25) is 5.10 Å². The van der Waals surface area contributed by atoms with Crippen molar-refractivity contribution in [1.82, 2.24) is 24.7 Å². The molecule has 0 amide bonds. The third kappa shape index (κ3) is 3.02. The fourth-order valence-corrected chi connectivity index (χ4v) is 3.37. The van der Waals surface area contributed by atoms with Crippen LogP contribution in [0.25, 0.3) is 5.69 Å². The minimum absolute atomic E-state index is 0.0608. The van der Waals surface area contributed by atoms with Crippen molar-refractivity contribution in [3.05, 3.63) is 57.9 Å². The van der Waals surface area contributed by atoms with Crippen molar-refractivity contribution in [2.45, 2.75) is 32.8 Å². The Hall–Kier alpha value is -2.58. The summed E-state index contributed by atoms with van der Waals surface area (Å²) in [5, 5.41) is 16.3. The zero-order valence-electron chi connectivity index (χ0n) is 14.7. The lowest BCUT2D eigenvalue weighted by Gasteiger charge is -2.07. The Bertz CT molecular complexity index is 995. The number of nitrogens with one attached hydrogen (secondary N) is 1. The number of aromatic amines is 1. The van der Waals surface area contributed by atoms with Gasteiger partial charge in [0.1, 0.15) is 6.10 Å². The SMILES string of the molecule is Cc1nn(-c2ccccc2)c(C)c1/C=N\n1c([C@H]2CCCO2)n[nH]c1=S. The molecule has 0 bridgehead atoms. The summed E-state index contributed by atoms with van der Waals surface area (Å²) in [6.45, 7) is 4.75. The van der Waals surface area contributed by atoms with Crippen molar-refractivity contribution in [1.29, 1.82) is 0 Å². The molecule has 1 N–H and O–H groups in total. The minimum atomic E-state index is -0.0608. The van der Waals surface area contributed by atoms with E-state index in [0.29, 0.717) is 4.77 Å². The average Bonchev–Trinajstić information content (AvgIpc) is 3.36. The molecule has 7 nitrogen and oxygen atoms in total. The minimum Gasteiger partial charge on any atom is -0.370 e. The topological polar surface area (TPSA) is 73.0 Å². The van der Waals surface area contributed by atoms with Crippen molar-refractivity contribution in [3.8, 4) is 5.69 Å². The summed E-state index contributed by atoms with van der Waals surface area (Å²) < 4.78 is 9.74. The van der Waals surface area contributed by atoms with Gasteiger partial charge in [0.25, 0.3) is 0 Å². The van der Waals surface area contributed by atoms with E-state index in [2.05, 4.69) is 20.4 Å². The van der Waals surface area contributed by atoms with Crippen molar-refractivity contribution < 1.29 is 4.74 Å². The van der Waals surface area contributed by atoms with Gasteiger partial charge in [-0.1, -0.05) is 18.2 Å². The Morgan fingerprint density at radius 2 is 2.12 bits per heavy atom. The van der Waals surface area contributed by atoms with Gasteiger partial charge in [-0.25, -0.2) is 4.68 Å². The highest BCUT2D eigenvalue weighted by molar-refractivity contribution is 7.71. The van der Waals surface area contributed by atoms with Crippen LogP contribution in [0.5, 0.6) is 0 Å². The second-order valence-electron chi connectivity index (χ2n) is 6.28. The predicted octanol–water partition coefficient (Wildman–Crippen LogP) is 3.48. The highest BCUT2D eigenvalue weighted by atomic mass is 32.1. The van der Waals surface area contributed by atoms with Gasteiger partial charge < -0.3 is 4.74 Å². The molecule has 4 rings (SSSR count). The van der Waals surface area contributed by atoms with E-state index in [0.717, 1.165) is 47.9 Å². The Balaban J connectivity index is 1.69. The summed E-state index contributed by atoms with van der Waals surface area (Å²) in [6, 6.07) is 10.0. The number of rotatable bonds is 4. The van der Waals surface area contributed by atoms with Crippen molar-refractivity contribution in [2.24, 2.45) is 5.10 Å². The monoisotopic (exact) mass is 368 g/mol. The van der Waals surface area contributed by atoms with E-state index in [-0.39, 0.29) is 6.10 Å². The van der Waals surface area contributed by atoms with E-state index in [1.165, 1.54) is 0 Å². The lowest BCUT2D eigenvalue weighted by molar-refractivity contribution is 0.102. The first-order valence-electron chi connectivity index (χ1n) is 8.60. The fourth-order valence-electron chi connectivity index (χ4n) is 3.18. The second kappa shape index (κ2) is 6.97. The summed E-state index contributed by atoms with van der Waals surface area (Å²) in [4.78, 5) is 0. The number of hydrogen-bond acceptors (Lipinski definition) is 5. The van der Waals surface area contributed by atoms with E-state index in [4.69, 9.17) is 17.0 Å². The largest absolute Gasteiger partial charge is 0.370 e. The smallest absolute Gasteiger partial charge is 0.216 e. The Morgan fingerprint density at radius 3 is 2.85 bits per heavy atom. The maximum atomic E-state index is 5.71. The molecule has 3 heterocycles. The van der Waals surface area contributed by atoms with Crippen LogP contribution in [-0.2, 0) is 4.74 Å². The van der Waals surface area contributed by atoms with Gasteiger partial charge in [-0.2, -0.15) is 20.0 Å². The van der Waals surface area contributed by atoms with Crippen LogP contribution in [0, 0.1) is 18.6 Å². The molecule has 0 unspecified atom stereocenters. The van der Waals surface area contributed by atoms with Crippen LogP contribution in [0.1, 0.15) is 41.7 Å². The number of benzene rings is 1. The normalized spacial score (nSPS) is 17.4. The van der Waals surface area contributed by atoms with Crippen LogP contribution in [-0.4, -0.2) is 37.5 Å². The molecule has 1 aliphatic heterocycles. The zero-order chi connectivity index (χ0) is 18.1. The Morgan fingerprint density at radius 1 is 1.31 bits per heavy atom. The van der Waals surface area contributed by atoms with Gasteiger partial charge in [0.05, 0.1) is 23.3 Å². The van der Waals surface area contributed by atoms with Crippen LogP contribution in [0.3, 0.4) is 0 Å². The number of hydrogen-bond donors (Lipinski definition) is 1. The molecule has 134 valence electrons. The average molecular weight is 368 g/mol.